The molecule has 0 saturated carbocycles. The molecule has 1 N–H and O–H groups in total. The van der Waals surface area contributed by atoms with E-state index in [9.17, 15) is 19.2 Å². The average molecular weight is 497 g/mol. The van der Waals surface area contributed by atoms with Gasteiger partial charge in [-0.15, -0.1) is 22.7 Å². The van der Waals surface area contributed by atoms with E-state index in [2.05, 4.69) is 0 Å². The molecule has 6 nitrogen and oxygen atoms in total. The van der Waals surface area contributed by atoms with E-state index in [1.54, 1.807) is 13.8 Å². The molecule has 0 unspecified atom stereocenters. The van der Waals surface area contributed by atoms with Crippen LogP contribution in [0.5, 0.6) is 0 Å². The minimum Gasteiger partial charge on any atom is -0.475 e. The number of carboxylic acid groups (broad SMARTS) is 1. The molecule has 0 saturated heterocycles. The van der Waals surface area contributed by atoms with E-state index in [1.807, 2.05) is 57.2 Å². The summed E-state index contributed by atoms with van der Waals surface area (Å²) in [5.41, 5.74) is 2.90. The summed E-state index contributed by atoms with van der Waals surface area (Å²) in [7, 11) is 0. The molecule has 0 aliphatic heterocycles. The molecule has 176 valence electrons. The molecule has 0 amide bonds. The zero-order valence-corrected chi connectivity index (χ0v) is 21.1. The third kappa shape index (κ3) is 5.08. The molecule has 0 fully saturated rings. The zero-order chi connectivity index (χ0) is 25.2. The highest BCUT2D eigenvalue weighted by Gasteiger charge is 2.24. The Balaban J connectivity index is 0.000000192. The van der Waals surface area contributed by atoms with Crippen molar-refractivity contribution in [2.45, 2.75) is 34.6 Å². The maximum Gasteiger partial charge on any atom is 0.379 e. The SMILES string of the molecule is CCOC(=O)C(=O)c1c(C)sc2ccc(C)cc12.Cc1ccc2sc(C)c(C(=O)C(=O)O)c2c1. The lowest BCUT2D eigenvalue weighted by Crippen LogP contribution is -2.17. The number of fused-ring (bicyclic) bond motifs is 2. The van der Waals surface area contributed by atoms with Gasteiger partial charge in [0.1, 0.15) is 0 Å². The van der Waals surface area contributed by atoms with E-state index < -0.39 is 23.5 Å². The Labute approximate surface area is 204 Å². The number of Topliss-reactive ketones (excluding diaryl/α,β-unsaturated/α-hetero) is 2. The van der Waals surface area contributed by atoms with Gasteiger partial charge in [0, 0.05) is 29.9 Å². The Hall–Kier alpha value is -3.36. The van der Waals surface area contributed by atoms with E-state index in [-0.39, 0.29) is 6.61 Å². The zero-order valence-electron chi connectivity index (χ0n) is 19.5. The Morgan fingerprint density at radius 1 is 0.765 bits per heavy atom. The van der Waals surface area contributed by atoms with Crippen molar-refractivity contribution in [2.24, 2.45) is 0 Å². The van der Waals surface area contributed by atoms with Gasteiger partial charge in [-0.25, -0.2) is 9.59 Å². The number of aryl methyl sites for hydroxylation is 4. The highest BCUT2D eigenvalue weighted by Crippen LogP contribution is 2.33. The summed E-state index contributed by atoms with van der Waals surface area (Å²) in [6.07, 6.45) is 0. The predicted octanol–water partition coefficient (Wildman–Crippen LogP) is 6.05. The second-order valence-electron chi connectivity index (χ2n) is 7.75. The summed E-state index contributed by atoms with van der Waals surface area (Å²) in [5, 5.41) is 10.4. The van der Waals surface area contributed by atoms with Crippen LogP contribution >= 0.6 is 22.7 Å². The number of aliphatic carboxylic acids is 1. The van der Waals surface area contributed by atoms with Crippen molar-refractivity contribution in [3.05, 3.63) is 68.4 Å². The lowest BCUT2D eigenvalue weighted by molar-refractivity contribution is -0.137. The Bertz CT molecular complexity index is 1440. The fraction of sp³-hybridized carbons (Fsp3) is 0.231. The van der Waals surface area contributed by atoms with Crippen molar-refractivity contribution in [1.29, 1.82) is 0 Å². The van der Waals surface area contributed by atoms with Crippen LogP contribution < -0.4 is 0 Å². The van der Waals surface area contributed by atoms with E-state index in [0.717, 1.165) is 41.1 Å². The van der Waals surface area contributed by atoms with Crippen molar-refractivity contribution in [2.75, 3.05) is 6.61 Å². The summed E-state index contributed by atoms with van der Waals surface area (Å²) in [6, 6.07) is 11.6. The van der Waals surface area contributed by atoms with Crippen LogP contribution in [0, 0.1) is 27.7 Å². The summed E-state index contributed by atoms with van der Waals surface area (Å²) in [5.74, 6) is -3.55. The van der Waals surface area contributed by atoms with Crippen molar-refractivity contribution >= 4 is 66.4 Å². The fourth-order valence-electron chi connectivity index (χ4n) is 3.64. The van der Waals surface area contributed by atoms with Crippen LogP contribution in [0.4, 0.5) is 0 Å². The number of ether oxygens (including phenoxy) is 1. The van der Waals surface area contributed by atoms with Gasteiger partial charge in [0.2, 0.25) is 0 Å². The number of thiophene rings is 2. The minimum absolute atomic E-state index is 0.213. The molecular formula is C26H24O6S2. The van der Waals surface area contributed by atoms with Gasteiger partial charge in [-0.05, 0) is 58.9 Å². The minimum atomic E-state index is -1.40. The first-order valence-corrected chi connectivity index (χ1v) is 12.2. The maximum absolute atomic E-state index is 12.1. The van der Waals surface area contributed by atoms with Crippen molar-refractivity contribution in [3.8, 4) is 0 Å². The number of ketones is 2. The first kappa shape index (κ1) is 25.3. The Morgan fingerprint density at radius 3 is 1.62 bits per heavy atom. The van der Waals surface area contributed by atoms with Crippen molar-refractivity contribution < 1.29 is 29.0 Å². The molecule has 2 heterocycles. The number of carbonyl (C=O) groups is 4. The van der Waals surface area contributed by atoms with E-state index >= 15 is 0 Å². The van der Waals surface area contributed by atoms with Crippen LogP contribution in [0.25, 0.3) is 20.2 Å². The first-order valence-electron chi connectivity index (χ1n) is 10.5. The molecule has 2 aromatic carbocycles. The number of rotatable bonds is 5. The summed E-state index contributed by atoms with van der Waals surface area (Å²) < 4.78 is 6.75. The smallest absolute Gasteiger partial charge is 0.379 e. The molecule has 0 atom stereocenters. The second-order valence-corrected chi connectivity index (χ2v) is 10.3. The van der Waals surface area contributed by atoms with E-state index in [4.69, 9.17) is 9.84 Å². The van der Waals surface area contributed by atoms with Crippen molar-refractivity contribution in [3.63, 3.8) is 0 Å². The molecule has 8 heteroatoms. The lowest BCUT2D eigenvalue weighted by Gasteiger charge is -2.01. The van der Waals surface area contributed by atoms with Crippen LogP contribution in [0.1, 0.15) is 48.5 Å². The molecule has 4 rings (SSSR count). The van der Waals surface area contributed by atoms with Crippen LogP contribution in [0.15, 0.2) is 36.4 Å². The predicted molar refractivity (Wildman–Crippen MR) is 136 cm³/mol. The quantitative estimate of drug-likeness (QED) is 0.205. The number of hydrogen-bond acceptors (Lipinski definition) is 7. The highest BCUT2D eigenvalue weighted by atomic mass is 32.1. The molecule has 2 aromatic heterocycles. The highest BCUT2D eigenvalue weighted by molar-refractivity contribution is 7.20. The molecule has 0 aliphatic rings. The molecular weight excluding hydrogens is 472 g/mol. The van der Waals surface area contributed by atoms with Gasteiger partial charge in [-0.3, -0.25) is 9.59 Å². The monoisotopic (exact) mass is 496 g/mol. The molecule has 4 aromatic rings. The summed E-state index contributed by atoms with van der Waals surface area (Å²) in [6.45, 7) is 9.41. The van der Waals surface area contributed by atoms with Gasteiger partial charge in [-0.2, -0.15) is 0 Å². The topological polar surface area (TPSA) is 97.7 Å². The largest absolute Gasteiger partial charge is 0.475 e. The van der Waals surface area contributed by atoms with Crippen molar-refractivity contribution in [1.82, 2.24) is 0 Å². The average Bonchev–Trinajstić information content (AvgIpc) is 3.27. The third-order valence-electron chi connectivity index (χ3n) is 5.15. The standard InChI is InChI=1S/C14H14O3S.C12H10O3S/c1-4-17-14(16)13(15)12-9(3)18-11-6-5-8(2)7-10(11)12;1-6-3-4-9-8(5-6)10(7(2)16-9)11(13)12(14)15/h5-7H,4H2,1-3H3;3-5H,1-2H3,(H,14,15). The van der Waals surface area contributed by atoms with Gasteiger partial charge in [-0.1, -0.05) is 23.3 Å². The molecule has 0 spiro atoms. The lowest BCUT2D eigenvalue weighted by atomic mass is 10.1. The fourth-order valence-corrected chi connectivity index (χ4v) is 5.72. The van der Waals surface area contributed by atoms with Gasteiger partial charge >= 0.3 is 11.9 Å². The Kier molecular flexibility index (Phi) is 7.64. The van der Waals surface area contributed by atoms with E-state index in [0.29, 0.717) is 11.1 Å². The number of benzene rings is 2. The number of hydrogen-bond donors (Lipinski definition) is 1. The van der Waals surface area contributed by atoms with Gasteiger partial charge in [0.15, 0.2) is 0 Å². The summed E-state index contributed by atoms with van der Waals surface area (Å²) >= 11 is 2.97. The summed E-state index contributed by atoms with van der Waals surface area (Å²) in [4.78, 5) is 47.5. The van der Waals surface area contributed by atoms with Crippen LogP contribution in [0.3, 0.4) is 0 Å². The van der Waals surface area contributed by atoms with Crippen LogP contribution in [0.2, 0.25) is 0 Å². The van der Waals surface area contributed by atoms with Crippen LogP contribution in [-0.4, -0.2) is 35.2 Å². The molecule has 0 radical (unpaired) electrons. The molecule has 34 heavy (non-hydrogen) atoms. The third-order valence-corrected chi connectivity index (χ3v) is 7.32. The number of carboxylic acids is 1. The number of carbonyl (C=O) groups excluding carboxylic acids is 3. The van der Waals surface area contributed by atoms with E-state index in [1.165, 1.54) is 22.7 Å². The van der Waals surface area contributed by atoms with Gasteiger partial charge < -0.3 is 9.84 Å². The van der Waals surface area contributed by atoms with Gasteiger partial charge in [0.25, 0.3) is 11.6 Å². The normalized spacial score (nSPS) is 10.6. The first-order chi connectivity index (χ1) is 16.0. The molecule has 0 bridgehead atoms. The molecule has 0 aliphatic carbocycles. The van der Waals surface area contributed by atoms with Crippen LogP contribution in [-0.2, 0) is 14.3 Å². The second kappa shape index (κ2) is 10.3. The number of esters is 1. The maximum atomic E-state index is 12.1. The van der Waals surface area contributed by atoms with Gasteiger partial charge in [0.05, 0.1) is 17.7 Å². The Morgan fingerprint density at radius 2 is 1.21 bits per heavy atom.